The minimum absolute atomic E-state index is 0.0648. The molecule has 0 bridgehead atoms. The van der Waals surface area contributed by atoms with Gasteiger partial charge in [-0.3, -0.25) is 4.90 Å². The van der Waals surface area contributed by atoms with Crippen LogP contribution in [0.25, 0.3) is 0 Å². The zero-order chi connectivity index (χ0) is 14.4. The van der Waals surface area contributed by atoms with Crippen molar-refractivity contribution in [1.29, 1.82) is 0 Å². The molecule has 2 rings (SSSR count). The van der Waals surface area contributed by atoms with Crippen LogP contribution in [0.1, 0.15) is 13.3 Å². The predicted molar refractivity (Wildman–Crippen MR) is 74.4 cm³/mol. The number of aliphatic hydroxyl groups excluding tert-OH is 1. The summed E-state index contributed by atoms with van der Waals surface area (Å²) in [6.45, 7) is 5.10. The van der Waals surface area contributed by atoms with Gasteiger partial charge in [0.15, 0.2) is 0 Å². The van der Waals surface area contributed by atoms with Crippen molar-refractivity contribution in [2.75, 3.05) is 32.9 Å². The Kier molecular flexibility index (Phi) is 5.76. The molecule has 5 heteroatoms. The normalized spacial score (nSPS) is 23.8. The first-order valence-electron chi connectivity index (χ1n) is 7.04. The smallest absolute Gasteiger partial charge is 0.123 e. The molecule has 0 amide bonds. The van der Waals surface area contributed by atoms with Crippen LogP contribution in [0.3, 0.4) is 0 Å². The Morgan fingerprint density at radius 3 is 2.85 bits per heavy atom. The topological polar surface area (TPSA) is 41.9 Å². The fourth-order valence-corrected chi connectivity index (χ4v) is 2.29. The van der Waals surface area contributed by atoms with E-state index >= 15 is 0 Å². The number of morpholine rings is 1. The number of aliphatic hydroxyl groups is 1. The number of rotatable bonds is 6. The van der Waals surface area contributed by atoms with E-state index in [1.165, 1.54) is 12.1 Å². The number of nitrogens with zero attached hydrogens (tertiary/aromatic N) is 1. The van der Waals surface area contributed by atoms with Gasteiger partial charge in [-0.2, -0.15) is 0 Å². The molecule has 1 N–H and O–H groups in total. The van der Waals surface area contributed by atoms with Gasteiger partial charge in [-0.15, -0.1) is 0 Å². The predicted octanol–water partition coefficient (Wildman–Crippen LogP) is 1.68. The van der Waals surface area contributed by atoms with Crippen molar-refractivity contribution in [1.82, 2.24) is 4.90 Å². The summed E-state index contributed by atoms with van der Waals surface area (Å²) in [6.07, 6.45) is 0.809. The average molecular weight is 283 g/mol. The Morgan fingerprint density at radius 1 is 1.40 bits per heavy atom. The van der Waals surface area contributed by atoms with E-state index in [1.54, 1.807) is 12.1 Å². The average Bonchev–Trinajstić information content (AvgIpc) is 2.47. The summed E-state index contributed by atoms with van der Waals surface area (Å²) in [5.41, 5.74) is 0. The highest BCUT2D eigenvalue weighted by atomic mass is 19.1. The van der Waals surface area contributed by atoms with Crippen molar-refractivity contribution in [3.8, 4) is 5.75 Å². The van der Waals surface area contributed by atoms with Crippen LogP contribution in [-0.2, 0) is 4.74 Å². The third-order valence-electron chi connectivity index (χ3n) is 3.51. The van der Waals surface area contributed by atoms with Crippen LogP contribution < -0.4 is 4.74 Å². The van der Waals surface area contributed by atoms with E-state index in [1.807, 2.05) is 0 Å². The molecule has 112 valence electrons. The maximum absolute atomic E-state index is 12.7. The van der Waals surface area contributed by atoms with Gasteiger partial charge in [0.25, 0.3) is 0 Å². The summed E-state index contributed by atoms with van der Waals surface area (Å²) in [5.74, 6) is 0.434. The Hall–Kier alpha value is -1.17. The van der Waals surface area contributed by atoms with Crippen LogP contribution in [0.2, 0.25) is 0 Å². The van der Waals surface area contributed by atoms with E-state index in [0.29, 0.717) is 25.0 Å². The van der Waals surface area contributed by atoms with E-state index in [2.05, 4.69) is 11.8 Å². The fourth-order valence-electron chi connectivity index (χ4n) is 2.29. The summed E-state index contributed by atoms with van der Waals surface area (Å²) in [5, 5.41) is 9.13. The molecule has 0 aliphatic carbocycles. The van der Waals surface area contributed by atoms with Gasteiger partial charge >= 0.3 is 0 Å². The van der Waals surface area contributed by atoms with Crippen molar-refractivity contribution in [2.24, 2.45) is 0 Å². The molecule has 4 nitrogen and oxygen atoms in total. The zero-order valence-corrected chi connectivity index (χ0v) is 11.8. The maximum Gasteiger partial charge on any atom is 0.123 e. The van der Waals surface area contributed by atoms with Crippen molar-refractivity contribution in [3.05, 3.63) is 30.1 Å². The second kappa shape index (κ2) is 7.57. The van der Waals surface area contributed by atoms with Gasteiger partial charge in [0.1, 0.15) is 11.6 Å². The molecule has 20 heavy (non-hydrogen) atoms. The van der Waals surface area contributed by atoms with Gasteiger partial charge in [0, 0.05) is 19.1 Å². The molecule has 0 spiro atoms. The molecule has 1 aromatic rings. The summed E-state index contributed by atoms with van der Waals surface area (Å²) < 4.78 is 23.8. The third kappa shape index (κ3) is 4.44. The summed E-state index contributed by atoms with van der Waals surface area (Å²) in [6, 6.07) is 6.42. The number of hydrogen-bond acceptors (Lipinski definition) is 4. The Morgan fingerprint density at radius 2 is 2.15 bits per heavy atom. The van der Waals surface area contributed by atoms with Crippen LogP contribution in [0.4, 0.5) is 4.39 Å². The lowest BCUT2D eigenvalue weighted by molar-refractivity contribution is -0.0784. The molecule has 2 unspecified atom stereocenters. The Balaban J connectivity index is 1.68. The maximum atomic E-state index is 12.7. The van der Waals surface area contributed by atoms with Crippen LogP contribution in [0.15, 0.2) is 24.3 Å². The molecule has 1 aliphatic heterocycles. The zero-order valence-electron chi connectivity index (χ0n) is 11.8. The molecule has 0 saturated carbocycles. The highest BCUT2D eigenvalue weighted by Crippen LogP contribution is 2.13. The first kappa shape index (κ1) is 15.2. The van der Waals surface area contributed by atoms with Gasteiger partial charge in [-0.25, -0.2) is 4.39 Å². The first-order valence-corrected chi connectivity index (χ1v) is 7.04. The Labute approximate surface area is 119 Å². The summed E-state index contributed by atoms with van der Waals surface area (Å²) in [4.78, 5) is 2.30. The van der Waals surface area contributed by atoms with E-state index < -0.39 is 0 Å². The van der Waals surface area contributed by atoms with Gasteiger partial charge in [0.2, 0.25) is 0 Å². The van der Waals surface area contributed by atoms with Crippen LogP contribution in [0, 0.1) is 5.82 Å². The van der Waals surface area contributed by atoms with E-state index in [-0.39, 0.29) is 18.5 Å². The number of ether oxygens (including phenoxy) is 2. The van der Waals surface area contributed by atoms with E-state index in [9.17, 15) is 4.39 Å². The molecule has 1 aliphatic rings. The largest absolute Gasteiger partial charge is 0.494 e. The number of hydrogen-bond donors (Lipinski definition) is 1. The lowest BCUT2D eigenvalue weighted by atomic mass is 10.2. The first-order chi connectivity index (χ1) is 9.69. The second-order valence-electron chi connectivity index (χ2n) is 5.14. The standard InChI is InChI=1S/C15H22FNO3/c1-12-11-20-15(10-18)9-17(12)7-2-8-19-14-5-3-13(16)4-6-14/h3-6,12,15,18H,2,7-11H2,1H3. The van der Waals surface area contributed by atoms with Gasteiger partial charge < -0.3 is 14.6 Å². The van der Waals surface area contributed by atoms with E-state index in [0.717, 1.165) is 19.5 Å². The monoisotopic (exact) mass is 283 g/mol. The lowest BCUT2D eigenvalue weighted by Crippen LogP contribution is -2.49. The van der Waals surface area contributed by atoms with Crippen LogP contribution in [-0.4, -0.2) is 55.1 Å². The van der Waals surface area contributed by atoms with Crippen molar-refractivity contribution >= 4 is 0 Å². The molecule has 1 heterocycles. The van der Waals surface area contributed by atoms with Crippen molar-refractivity contribution in [2.45, 2.75) is 25.5 Å². The van der Waals surface area contributed by atoms with Crippen LogP contribution >= 0.6 is 0 Å². The highest BCUT2D eigenvalue weighted by molar-refractivity contribution is 5.21. The highest BCUT2D eigenvalue weighted by Gasteiger charge is 2.24. The SMILES string of the molecule is CC1COC(CO)CN1CCCOc1ccc(F)cc1. The lowest BCUT2D eigenvalue weighted by Gasteiger charge is -2.37. The van der Waals surface area contributed by atoms with E-state index in [4.69, 9.17) is 14.6 Å². The molecule has 2 atom stereocenters. The van der Waals surface area contributed by atoms with Gasteiger partial charge in [-0.1, -0.05) is 0 Å². The molecule has 1 aromatic carbocycles. The number of benzene rings is 1. The number of halogens is 1. The summed E-state index contributed by atoms with van der Waals surface area (Å²) >= 11 is 0. The quantitative estimate of drug-likeness (QED) is 0.807. The van der Waals surface area contributed by atoms with Gasteiger partial charge in [-0.05, 0) is 37.6 Å². The minimum atomic E-state index is -0.255. The van der Waals surface area contributed by atoms with Crippen LogP contribution in [0.5, 0.6) is 5.75 Å². The van der Waals surface area contributed by atoms with Crippen molar-refractivity contribution in [3.63, 3.8) is 0 Å². The second-order valence-corrected chi connectivity index (χ2v) is 5.14. The molecule has 0 aromatic heterocycles. The molecule has 0 radical (unpaired) electrons. The molecule has 1 fully saturated rings. The van der Waals surface area contributed by atoms with Crippen molar-refractivity contribution < 1.29 is 19.0 Å². The molecular weight excluding hydrogens is 261 g/mol. The Bertz CT molecular complexity index is 399. The summed E-state index contributed by atoms with van der Waals surface area (Å²) in [7, 11) is 0. The fraction of sp³-hybridized carbons (Fsp3) is 0.600. The van der Waals surface area contributed by atoms with Gasteiger partial charge in [0.05, 0.1) is 25.9 Å². The molecular formula is C15H22FNO3. The third-order valence-corrected chi connectivity index (χ3v) is 3.51. The minimum Gasteiger partial charge on any atom is -0.494 e. The molecule has 1 saturated heterocycles.